The van der Waals surface area contributed by atoms with Gasteiger partial charge in [0.15, 0.2) is 0 Å². The van der Waals surface area contributed by atoms with Gasteiger partial charge in [0.25, 0.3) is 0 Å². The molecule has 1 amide bonds. The van der Waals surface area contributed by atoms with E-state index in [-0.39, 0.29) is 36.2 Å². The lowest BCUT2D eigenvalue weighted by atomic mass is 9.45. The summed E-state index contributed by atoms with van der Waals surface area (Å²) < 4.78 is 5.58. The molecule has 0 unspecified atom stereocenters. The number of esters is 1. The molecule has 0 bridgehead atoms. The predicted molar refractivity (Wildman–Crippen MR) is 120 cm³/mol. The molecule has 0 saturated heterocycles. The number of carboxylic acids is 1. The summed E-state index contributed by atoms with van der Waals surface area (Å²) in [7, 11) is 0. The number of hydrogen-bond acceptors (Lipinski definition) is 5. The Morgan fingerprint density at radius 3 is 2.56 bits per heavy atom. The number of carbonyl (C=O) groups excluding carboxylic acids is 2. The quantitative estimate of drug-likeness (QED) is 0.484. The highest BCUT2D eigenvalue weighted by Gasteiger charge is 2.59. The molecule has 7 heteroatoms. The molecule has 4 rings (SSSR count). The molecule has 2 N–H and O–H groups in total. The number of ether oxygens (including phenoxy) is 1. The Balaban J connectivity index is 1.44. The van der Waals surface area contributed by atoms with Crippen LogP contribution in [0.4, 0.5) is 0 Å². The normalized spacial score (nSPS) is 41.8. The summed E-state index contributed by atoms with van der Waals surface area (Å²) >= 11 is 0. The first-order valence-corrected chi connectivity index (χ1v) is 12.4. The Hall–Kier alpha value is -1.92. The maximum Gasteiger partial charge on any atom is 0.303 e. The average molecular weight is 447 g/mol. The lowest BCUT2D eigenvalue weighted by Crippen LogP contribution is -2.54. The summed E-state index contributed by atoms with van der Waals surface area (Å²) in [5, 5.41) is 13.3. The van der Waals surface area contributed by atoms with Crippen molar-refractivity contribution >= 4 is 23.6 Å². The van der Waals surface area contributed by atoms with Crippen molar-refractivity contribution in [2.45, 2.75) is 97.5 Å². The van der Waals surface area contributed by atoms with Crippen molar-refractivity contribution in [1.82, 2.24) is 5.43 Å². The van der Waals surface area contributed by atoms with Crippen LogP contribution >= 0.6 is 0 Å². The van der Waals surface area contributed by atoms with Crippen LogP contribution in [0.25, 0.3) is 0 Å². The van der Waals surface area contributed by atoms with E-state index in [4.69, 9.17) is 9.84 Å². The van der Waals surface area contributed by atoms with Crippen molar-refractivity contribution in [3.8, 4) is 0 Å². The second kappa shape index (κ2) is 8.79. The first-order chi connectivity index (χ1) is 15.1. The second-order valence-corrected chi connectivity index (χ2v) is 11.1. The van der Waals surface area contributed by atoms with Gasteiger partial charge in [0.2, 0.25) is 5.91 Å². The number of hydrazone groups is 1. The van der Waals surface area contributed by atoms with Crippen LogP contribution in [0, 0.1) is 34.5 Å². The smallest absolute Gasteiger partial charge is 0.303 e. The van der Waals surface area contributed by atoms with Crippen molar-refractivity contribution in [1.29, 1.82) is 0 Å². The summed E-state index contributed by atoms with van der Waals surface area (Å²) in [6, 6.07) is 0. The minimum Gasteiger partial charge on any atom is -0.481 e. The van der Waals surface area contributed by atoms with Crippen LogP contribution in [0.15, 0.2) is 5.10 Å². The first kappa shape index (κ1) is 23.2. The van der Waals surface area contributed by atoms with E-state index in [0.29, 0.717) is 29.1 Å². The molecule has 7 nitrogen and oxygen atoms in total. The number of hydrogen-bond donors (Lipinski definition) is 2. The average Bonchev–Trinajstić information content (AvgIpc) is 3.07. The number of carbonyl (C=O) groups is 3. The third kappa shape index (κ3) is 4.19. The SMILES string of the molecule is CC(=O)O[C@@H]1CC[C@@]2(C)[C@@H](CC[C@H]3[C@H]2CC[C@]2(C)/C(=N\NC(=O)CCC(=O)O)CC[C@H]32)C1. The zero-order chi connectivity index (χ0) is 23.1. The number of nitrogens with one attached hydrogen (secondary N) is 1. The standard InChI is InChI=1S/C25H38N2O5/c1-15(28)32-17-10-12-24(2)16(14-17)4-5-18-19-6-7-21(25(19,3)13-11-20(18)24)26-27-22(29)8-9-23(30)31/h16-20H,4-14H2,1-3H3,(H,27,29)(H,30,31)/b26-21-/t16-,17+,18+,19+,20+,24-,25-/m0/s1. The zero-order valence-electron chi connectivity index (χ0n) is 19.7. The molecular formula is C25H38N2O5. The van der Waals surface area contributed by atoms with Gasteiger partial charge in [-0.25, -0.2) is 5.43 Å². The highest BCUT2D eigenvalue weighted by Crippen LogP contribution is 2.65. The lowest BCUT2D eigenvalue weighted by molar-refractivity contribution is -0.158. The summed E-state index contributed by atoms with van der Waals surface area (Å²) in [5.74, 6) is 1.18. The van der Waals surface area contributed by atoms with Gasteiger partial charge in [0, 0.05) is 24.5 Å². The van der Waals surface area contributed by atoms with Crippen molar-refractivity contribution < 1.29 is 24.2 Å². The van der Waals surface area contributed by atoms with E-state index < -0.39 is 5.97 Å². The fourth-order valence-corrected chi connectivity index (χ4v) is 7.94. The molecule has 4 fully saturated rings. The molecule has 0 aromatic heterocycles. The fourth-order valence-electron chi connectivity index (χ4n) is 7.94. The van der Waals surface area contributed by atoms with Gasteiger partial charge in [-0.3, -0.25) is 14.4 Å². The second-order valence-electron chi connectivity index (χ2n) is 11.1. The van der Waals surface area contributed by atoms with Gasteiger partial charge >= 0.3 is 11.9 Å². The van der Waals surface area contributed by atoms with Crippen LogP contribution < -0.4 is 5.43 Å². The Bertz CT molecular complexity index is 810. The third-order valence-electron chi connectivity index (χ3n) is 9.57. The van der Waals surface area contributed by atoms with Crippen LogP contribution in [-0.4, -0.2) is 34.8 Å². The van der Waals surface area contributed by atoms with Crippen LogP contribution in [0.5, 0.6) is 0 Å². The molecule has 4 saturated carbocycles. The lowest BCUT2D eigenvalue weighted by Gasteiger charge is -2.60. The predicted octanol–water partition coefficient (Wildman–Crippen LogP) is 4.30. The Labute approximate surface area is 190 Å². The summed E-state index contributed by atoms with van der Waals surface area (Å²) in [6.07, 6.45) is 9.78. The molecule has 4 aliphatic carbocycles. The van der Waals surface area contributed by atoms with E-state index in [0.717, 1.165) is 44.2 Å². The number of rotatable bonds is 5. The van der Waals surface area contributed by atoms with Gasteiger partial charge in [-0.05, 0) is 86.9 Å². The highest BCUT2D eigenvalue weighted by atomic mass is 16.5. The Kier molecular flexibility index (Phi) is 6.38. The number of amides is 1. The van der Waals surface area contributed by atoms with Crippen molar-refractivity contribution in [2.75, 3.05) is 0 Å². The van der Waals surface area contributed by atoms with Gasteiger partial charge in [0.1, 0.15) is 6.10 Å². The van der Waals surface area contributed by atoms with Crippen LogP contribution in [-0.2, 0) is 19.1 Å². The zero-order valence-corrected chi connectivity index (χ0v) is 19.7. The largest absolute Gasteiger partial charge is 0.481 e. The van der Waals surface area contributed by atoms with Gasteiger partial charge in [-0.2, -0.15) is 5.10 Å². The van der Waals surface area contributed by atoms with E-state index in [1.807, 2.05) is 0 Å². The topological polar surface area (TPSA) is 105 Å². The molecule has 32 heavy (non-hydrogen) atoms. The molecule has 0 aromatic rings. The molecule has 7 atom stereocenters. The van der Waals surface area contributed by atoms with Gasteiger partial charge < -0.3 is 9.84 Å². The Morgan fingerprint density at radius 1 is 1.06 bits per heavy atom. The molecule has 4 aliphatic rings. The monoisotopic (exact) mass is 446 g/mol. The third-order valence-corrected chi connectivity index (χ3v) is 9.57. The Morgan fingerprint density at radius 2 is 1.84 bits per heavy atom. The van der Waals surface area contributed by atoms with Crippen LogP contribution in [0.3, 0.4) is 0 Å². The summed E-state index contributed by atoms with van der Waals surface area (Å²) in [5.41, 5.74) is 4.07. The van der Waals surface area contributed by atoms with E-state index >= 15 is 0 Å². The number of nitrogens with zero attached hydrogens (tertiary/aromatic N) is 1. The number of fused-ring (bicyclic) bond motifs is 5. The van der Waals surface area contributed by atoms with E-state index in [1.165, 1.54) is 26.2 Å². The molecular weight excluding hydrogens is 408 g/mol. The van der Waals surface area contributed by atoms with Gasteiger partial charge in [-0.15, -0.1) is 0 Å². The maximum atomic E-state index is 12.0. The minimum absolute atomic E-state index is 0.0272. The van der Waals surface area contributed by atoms with E-state index in [1.54, 1.807) is 0 Å². The number of carboxylic acid groups (broad SMARTS) is 1. The molecule has 0 aromatic carbocycles. The minimum atomic E-state index is -0.968. The molecule has 0 heterocycles. The molecule has 0 radical (unpaired) electrons. The maximum absolute atomic E-state index is 12.0. The van der Waals surface area contributed by atoms with Gasteiger partial charge in [0.05, 0.1) is 6.42 Å². The highest BCUT2D eigenvalue weighted by molar-refractivity contribution is 5.93. The molecule has 0 spiro atoms. The molecule has 0 aliphatic heterocycles. The van der Waals surface area contributed by atoms with Crippen LogP contribution in [0.1, 0.15) is 91.4 Å². The van der Waals surface area contributed by atoms with E-state index in [2.05, 4.69) is 24.4 Å². The summed E-state index contributed by atoms with van der Waals surface area (Å²) in [4.78, 5) is 34.1. The van der Waals surface area contributed by atoms with Crippen molar-refractivity contribution in [3.63, 3.8) is 0 Å². The van der Waals surface area contributed by atoms with Crippen molar-refractivity contribution in [3.05, 3.63) is 0 Å². The first-order valence-electron chi connectivity index (χ1n) is 12.4. The van der Waals surface area contributed by atoms with E-state index in [9.17, 15) is 14.4 Å². The number of aliphatic carboxylic acids is 1. The fraction of sp³-hybridized carbons (Fsp3) is 0.840. The van der Waals surface area contributed by atoms with Gasteiger partial charge in [-0.1, -0.05) is 13.8 Å². The molecule has 178 valence electrons. The van der Waals surface area contributed by atoms with Crippen molar-refractivity contribution in [2.24, 2.45) is 39.6 Å². The summed E-state index contributed by atoms with van der Waals surface area (Å²) in [6.45, 7) is 6.34. The van der Waals surface area contributed by atoms with Crippen LogP contribution in [0.2, 0.25) is 0 Å².